The molecule has 3 N–H and O–H groups in total. The lowest BCUT2D eigenvalue weighted by Crippen LogP contribution is -2.25. The molecule has 0 aliphatic carbocycles. The van der Waals surface area contributed by atoms with E-state index in [0.29, 0.717) is 24.0 Å². The maximum Gasteiger partial charge on any atom is 0.267 e. The molecule has 0 spiro atoms. The predicted molar refractivity (Wildman–Crippen MR) is 82.4 cm³/mol. The first kappa shape index (κ1) is 14.1. The van der Waals surface area contributed by atoms with E-state index in [4.69, 9.17) is 0 Å². The number of aromatic amines is 1. The van der Waals surface area contributed by atoms with Crippen LogP contribution in [0.1, 0.15) is 16.1 Å². The molecule has 0 aliphatic heterocycles. The van der Waals surface area contributed by atoms with Crippen molar-refractivity contribution in [3.05, 3.63) is 65.6 Å². The maximum atomic E-state index is 13.1. The number of hydrogen-bond acceptors (Lipinski definition) is 2. The minimum absolute atomic E-state index is 0.220. The van der Waals surface area contributed by atoms with Gasteiger partial charge in [0.15, 0.2) is 0 Å². The molecule has 3 aromatic rings. The Hall–Kier alpha value is -2.82. The van der Waals surface area contributed by atoms with Gasteiger partial charge in [-0.1, -0.05) is 12.1 Å². The summed E-state index contributed by atoms with van der Waals surface area (Å²) in [6.45, 7) is 0.479. The van der Waals surface area contributed by atoms with Gasteiger partial charge in [0, 0.05) is 17.4 Å². The quantitative estimate of drug-likeness (QED) is 0.693. The molecule has 3 rings (SSSR count). The van der Waals surface area contributed by atoms with Crippen LogP contribution in [0.15, 0.2) is 48.5 Å². The summed E-state index contributed by atoms with van der Waals surface area (Å²) >= 11 is 0. The normalized spacial score (nSPS) is 10.8. The fourth-order valence-electron chi connectivity index (χ4n) is 2.30. The largest absolute Gasteiger partial charge is 0.508 e. The van der Waals surface area contributed by atoms with Gasteiger partial charge in [0.05, 0.1) is 0 Å². The molecule has 22 heavy (non-hydrogen) atoms. The van der Waals surface area contributed by atoms with E-state index in [2.05, 4.69) is 10.3 Å². The molecule has 5 heteroatoms. The molecule has 112 valence electrons. The maximum absolute atomic E-state index is 13.1. The minimum atomic E-state index is -0.328. The number of H-pyrrole nitrogens is 1. The smallest absolute Gasteiger partial charge is 0.267 e. The van der Waals surface area contributed by atoms with Crippen molar-refractivity contribution in [2.75, 3.05) is 6.54 Å². The van der Waals surface area contributed by atoms with Crippen molar-refractivity contribution in [1.29, 1.82) is 0 Å². The lowest BCUT2D eigenvalue weighted by Gasteiger charge is -2.04. The summed E-state index contributed by atoms with van der Waals surface area (Å²) in [5.41, 5.74) is 2.16. The molecule has 0 unspecified atom stereocenters. The van der Waals surface area contributed by atoms with Crippen molar-refractivity contribution in [2.45, 2.75) is 6.42 Å². The van der Waals surface area contributed by atoms with E-state index in [-0.39, 0.29) is 17.5 Å². The fraction of sp³-hybridized carbons (Fsp3) is 0.118. The summed E-state index contributed by atoms with van der Waals surface area (Å²) in [5.74, 6) is -0.334. The second-order valence-corrected chi connectivity index (χ2v) is 5.09. The zero-order chi connectivity index (χ0) is 15.5. The SMILES string of the molecule is O=C(NCCc1ccc(O)cc1)c1cc2cc(F)ccc2[nH]1. The highest BCUT2D eigenvalue weighted by Gasteiger charge is 2.09. The van der Waals surface area contributed by atoms with Crippen LogP contribution in [0.4, 0.5) is 4.39 Å². The number of hydrogen-bond donors (Lipinski definition) is 3. The number of carbonyl (C=O) groups is 1. The molecule has 0 saturated heterocycles. The van der Waals surface area contributed by atoms with Crippen LogP contribution >= 0.6 is 0 Å². The van der Waals surface area contributed by atoms with Gasteiger partial charge < -0.3 is 15.4 Å². The van der Waals surface area contributed by atoms with Crippen LogP contribution in [0.25, 0.3) is 10.9 Å². The molecule has 0 radical (unpaired) electrons. The zero-order valence-electron chi connectivity index (χ0n) is 11.8. The first-order chi connectivity index (χ1) is 10.6. The molecule has 1 amide bonds. The number of aromatic nitrogens is 1. The number of fused-ring (bicyclic) bond motifs is 1. The Kier molecular flexibility index (Phi) is 3.78. The number of rotatable bonds is 4. The Balaban J connectivity index is 1.62. The third-order valence-corrected chi connectivity index (χ3v) is 3.46. The lowest BCUT2D eigenvalue weighted by atomic mass is 10.1. The van der Waals surface area contributed by atoms with E-state index >= 15 is 0 Å². The topological polar surface area (TPSA) is 65.1 Å². The number of halogens is 1. The van der Waals surface area contributed by atoms with Crippen molar-refractivity contribution in [1.82, 2.24) is 10.3 Å². The van der Waals surface area contributed by atoms with Crippen LogP contribution in [0.3, 0.4) is 0 Å². The molecule has 0 atom stereocenters. The Morgan fingerprint density at radius 3 is 2.68 bits per heavy atom. The summed E-state index contributed by atoms with van der Waals surface area (Å²) < 4.78 is 13.1. The molecule has 1 heterocycles. The number of nitrogens with one attached hydrogen (secondary N) is 2. The number of benzene rings is 2. The van der Waals surface area contributed by atoms with Crippen LogP contribution in [-0.2, 0) is 6.42 Å². The highest BCUT2D eigenvalue weighted by molar-refractivity contribution is 5.97. The summed E-state index contributed by atoms with van der Waals surface area (Å²) in [6.07, 6.45) is 0.668. The summed E-state index contributed by atoms with van der Waals surface area (Å²) in [6, 6.07) is 12.8. The molecule has 4 nitrogen and oxygen atoms in total. The predicted octanol–water partition coefficient (Wildman–Crippen LogP) is 2.99. The Labute approximate surface area is 126 Å². The van der Waals surface area contributed by atoms with E-state index < -0.39 is 0 Å². The van der Waals surface area contributed by atoms with Crippen LogP contribution in [0, 0.1) is 5.82 Å². The number of carbonyl (C=O) groups excluding carboxylic acids is 1. The van der Waals surface area contributed by atoms with Gasteiger partial charge in [-0.2, -0.15) is 0 Å². The first-order valence-electron chi connectivity index (χ1n) is 6.96. The third-order valence-electron chi connectivity index (χ3n) is 3.46. The van der Waals surface area contributed by atoms with Crippen LogP contribution in [0.5, 0.6) is 5.75 Å². The van der Waals surface area contributed by atoms with Gasteiger partial charge in [-0.15, -0.1) is 0 Å². The number of aromatic hydroxyl groups is 1. The molecular formula is C17H15FN2O2. The van der Waals surface area contributed by atoms with E-state index in [1.165, 1.54) is 12.1 Å². The van der Waals surface area contributed by atoms with Gasteiger partial charge in [0.1, 0.15) is 17.3 Å². The van der Waals surface area contributed by atoms with Crippen LogP contribution in [0.2, 0.25) is 0 Å². The molecule has 0 aliphatic rings. The van der Waals surface area contributed by atoms with E-state index in [1.54, 1.807) is 24.3 Å². The molecule has 0 bridgehead atoms. The number of phenols is 1. The monoisotopic (exact) mass is 298 g/mol. The first-order valence-corrected chi connectivity index (χ1v) is 6.96. The number of phenolic OH excluding ortho intramolecular Hbond substituents is 1. The average molecular weight is 298 g/mol. The Morgan fingerprint density at radius 2 is 1.91 bits per heavy atom. The van der Waals surface area contributed by atoms with Gasteiger partial charge in [-0.25, -0.2) is 4.39 Å². The van der Waals surface area contributed by atoms with E-state index in [0.717, 1.165) is 11.1 Å². The van der Waals surface area contributed by atoms with Gasteiger partial charge in [-0.3, -0.25) is 4.79 Å². The highest BCUT2D eigenvalue weighted by Crippen LogP contribution is 2.16. The summed E-state index contributed by atoms with van der Waals surface area (Å²) in [4.78, 5) is 15.0. The molecule has 1 aromatic heterocycles. The lowest BCUT2D eigenvalue weighted by molar-refractivity contribution is 0.0950. The fourth-order valence-corrected chi connectivity index (χ4v) is 2.30. The Morgan fingerprint density at radius 1 is 1.14 bits per heavy atom. The van der Waals surface area contributed by atoms with Gasteiger partial charge in [0.2, 0.25) is 0 Å². The third kappa shape index (κ3) is 3.09. The van der Waals surface area contributed by atoms with Crippen molar-refractivity contribution < 1.29 is 14.3 Å². The second kappa shape index (κ2) is 5.89. The van der Waals surface area contributed by atoms with Crippen LogP contribution < -0.4 is 5.32 Å². The van der Waals surface area contributed by atoms with Crippen molar-refractivity contribution in [2.24, 2.45) is 0 Å². The Bertz CT molecular complexity index is 809. The van der Waals surface area contributed by atoms with Crippen LogP contribution in [-0.4, -0.2) is 22.5 Å². The number of amides is 1. The van der Waals surface area contributed by atoms with Gasteiger partial charge in [0.25, 0.3) is 5.91 Å². The van der Waals surface area contributed by atoms with Crippen molar-refractivity contribution >= 4 is 16.8 Å². The van der Waals surface area contributed by atoms with Gasteiger partial charge >= 0.3 is 0 Å². The van der Waals surface area contributed by atoms with E-state index in [1.807, 2.05) is 12.1 Å². The average Bonchev–Trinajstić information content (AvgIpc) is 2.92. The minimum Gasteiger partial charge on any atom is -0.508 e. The highest BCUT2D eigenvalue weighted by atomic mass is 19.1. The molecule has 0 saturated carbocycles. The molecule has 0 fully saturated rings. The van der Waals surface area contributed by atoms with Gasteiger partial charge in [-0.05, 0) is 48.4 Å². The van der Waals surface area contributed by atoms with Crippen molar-refractivity contribution in [3.63, 3.8) is 0 Å². The summed E-state index contributed by atoms with van der Waals surface area (Å²) in [7, 11) is 0. The zero-order valence-corrected chi connectivity index (χ0v) is 11.8. The van der Waals surface area contributed by atoms with E-state index in [9.17, 15) is 14.3 Å². The second-order valence-electron chi connectivity index (χ2n) is 5.09. The summed E-state index contributed by atoms with van der Waals surface area (Å²) in [5, 5.41) is 12.7. The molecule has 2 aromatic carbocycles. The standard InChI is InChI=1S/C17H15FN2O2/c18-13-3-6-15-12(9-13)10-16(20-15)17(22)19-8-7-11-1-4-14(21)5-2-11/h1-6,9-10,20-21H,7-8H2,(H,19,22). The molecular weight excluding hydrogens is 283 g/mol. The van der Waals surface area contributed by atoms with Crippen molar-refractivity contribution in [3.8, 4) is 5.75 Å².